The molecule has 2 rings (SSSR count). The largest absolute Gasteiger partial charge is 0.460 e. The molecular weight excluding hydrogens is 457 g/mol. The van der Waals surface area contributed by atoms with Crippen LogP contribution in [0.2, 0.25) is 0 Å². The number of nitrogens with two attached hydrogens (primary N) is 1. The van der Waals surface area contributed by atoms with Crippen LogP contribution in [0, 0.1) is 22.7 Å². The zero-order valence-electron chi connectivity index (χ0n) is 17.7. The Bertz CT molecular complexity index is 725. The van der Waals surface area contributed by atoms with E-state index >= 15 is 0 Å². The van der Waals surface area contributed by atoms with E-state index in [0.29, 0.717) is 12.1 Å². The Morgan fingerprint density at radius 3 is 1.84 bits per heavy atom. The lowest BCUT2D eigenvalue weighted by molar-refractivity contribution is -0.153. The first-order valence-electron chi connectivity index (χ1n) is 8.23. The number of carbonyl (C=O) groups excluding carboxylic acids is 1. The van der Waals surface area contributed by atoms with E-state index in [0.717, 1.165) is 25.1 Å². The van der Waals surface area contributed by atoms with Crippen molar-refractivity contribution in [3.8, 4) is 0 Å². The highest BCUT2D eigenvalue weighted by Gasteiger charge is 2.16. The first kappa shape index (κ1) is 36.1. The fourth-order valence-electron chi connectivity index (χ4n) is 1.77. The maximum Gasteiger partial charge on any atom is 0.310 e. The van der Waals surface area contributed by atoms with Crippen molar-refractivity contribution in [2.45, 2.75) is 39.3 Å². The van der Waals surface area contributed by atoms with E-state index in [1.165, 1.54) is 18.3 Å². The number of carbonyl (C=O) groups is 1. The summed E-state index contributed by atoms with van der Waals surface area (Å²) >= 11 is 0. The molecule has 2 heterocycles. The number of nitrogens with zero attached hydrogens (tertiary/aromatic N) is 2. The molecule has 178 valence electrons. The molecule has 0 amide bonds. The summed E-state index contributed by atoms with van der Waals surface area (Å²) in [5, 5.41) is 7.00. The number of ether oxygens (including phenoxy) is 1. The van der Waals surface area contributed by atoms with Crippen LogP contribution in [0.4, 0.5) is 8.78 Å². The van der Waals surface area contributed by atoms with Crippen LogP contribution in [-0.2, 0) is 22.5 Å². The van der Waals surface area contributed by atoms with Gasteiger partial charge in [-0.15, -0.1) is 24.8 Å². The predicted octanol–water partition coefficient (Wildman–Crippen LogP) is 3.34. The molecular formula is C18H30Cl2F2N6O3. The van der Waals surface area contributed by atoms with Gasteiger partial charge in [-0.05, 0) is 44.0 Å². The van der Waals surface area contributed by atoms with Gasteiger partial charge in [0.25, 0.3) is 0 Å². The zero-order valence-corrected chi connectivity index (χ0v) is 19.3. The van der Waals surface area contributed by atoms with Crippen LogP contribution in [0.3, 0.4) is 0 Å². The third-order valence-corrected chi connectivity index (χ3v) is 2.60. The molecule has 0 aromatic carbocycles. The SMILES string of the molecule is CC(C)(C)OC(=O)Cc1cncc(F)c1.CO.Cl.Cl.N=N.NNCc1cncc(F)c1. The van der Waals surface area contributed by atoms with Crippen LogP contribution in [0.1, 0.15) is 31.9 Å². The molecule has 0 aliphatic heterocycles. The van der Waals surface area contributed by atoms with Crippen LogP contribution >= 0.6 is 24.8 Å². The van der Waals surface area contributed by atoms with Crippen molar-refractivity contribution < 1.29 is 23.4 Å². The van der Waals surface area contributed by atoms with Gasteiger partial charge in [-0.2, -0.15) is 0 Å². The Morgan fingerprint density at radius 1 is 1.03 bits per heavy atom. The highest BCUT2D eigenvalue weighted by molar-refractivity contribution is 5.85. The first-order chi connectivity index (χ1) is 13.7. The molecule has 9 nitrogen and oxygen atoms in total. The second kappa shape index (κ2) is 20.9. The van der Waals surface area contributed by atoms with Crippen molar-refractivity contribution in [2.75, 3.05) is 7.11 Å². The van der Waals surface area contributed by atoms with Gasteiger partial charge in [-0.1, -0.05) is 0 Å². The lowest BCUT2D eigenvalue weighted by atomic mass is 10.1. The van der Waals surface area contributed by atoms with Crippen LogP contribution in [0.5, 0.6) is 0 Å². The number of rotatable bonds is 4. The van der Waals surface area contributed by atoms with Crippen molar-refractivity contribution in [2.24, 2.45) is 5.84 Å². The number of hydrogen-bond acceptors (Lipinski definition) is 9. The molecule has 0 radical (unpaired) electrons. The molecule has 0 spiro atoms. The highest BCUT2D eigenvalue weighted by Crippen LogP contribution is 2.10. The van der Waals surface area contributed by atoms with Gasteiger partial charge >= 0.3 is 5.97 Å². The summed E-state index contributed by atoms with van der Waals surface area (Å²) in [6, 6.07) is 2.66. The molecule has 13 heteroatoms. The second-order valence-corrected chi connectivity index (χ2v) is 6.17. The van der Waals surface area contributed by atoms with Gasteiger partial charge in [0.15, 0.2) is 0 Å². The summed E-state index contributed by atoms with van der Waals surface area (Å²) in [7, 11) is 1.00. The second-order valence-electron chi connectivity index (χ2n) is 6.17. The van der Waals surface area contributed by atoms with E-state index in [9.17, 15) is 13.6 Å². The van der Waals surface area contributed by atoms with Crippen molar-refractivity contribution >= 4 is 30.8 Å². The quantitative estimate of drug-likeness (QED) is 0.192. The van der Waals surface area contributed by atoms with Gasteiger partial charge in [0, 0.05) is 26.0 Å². The van der Waals surface area contributed by atoms with E-state index < -0.39 is 11.4 Å². The topological polar surface area (TPSA) is 158 Å². The molecule has 0 fully saturated rings. The minimum absolute atomic E-state index is 0. The van der Waals surface area contributed by atoms with E-state index in [1.807, 2.05) is 0 Å². The number of hydrogen-bond donors (Lipinski definition) is 5. The predicted molar refractivity (Wildman–Crippen MR) is 117 cm³/mol. The Labute approximate surface area is 192 Å². The molecule has 0 aliphatic carbocycles. The van der Waals surface area contributed by atoms with Gasteiger partial charge in [0.2, 0.25) is 0 Å². The monoisotopic (exact) mass is 486 g/mol. The van der Waals surface area contributed by atoms with Gasteiger partial charge in [-0.3, -0.25) is 26.0 Å². The minimum Gasteiger partial charge on any atom is -0.460 e. The fraction of sp³-hybridized carbons (Fsp3) is 0.389. The van der Waals surface area contributed by atoms with E-state index in [-0.39, 0.29) is 43.0 Å². The Balaban J connectivity index is -0.000000200. The van der Waals surface area contributed by atoms with Crippen LogP contribution in [0.25, 0.3) is 0 Å². The molecule has 31 heavy (non-hydrogen) atoms. The average molecular weight is 487 g/mol. The molecule has 2 aromatic rings. The number of halogens is 4. The normalized spacial score (nSPS) is 8.90. The Kier molecular flexibility index (Phi) is 24.4. The standard InChI is InChI=1S/C11H14FNO2.C6H8FN3.CH4O.2ClH.H2N2/c1-11(2,3)15-10(14)5-8-4-9(12)7-13-6-8;7-6-1-5(3-10-8)2-9-4-6;1-2;;;1-2/h4,6-7H,5H2,1-3H3;1-2,4,10H,3,8H2;2H,1H3;2*1H;1-2H. The Morgan fingerprint density at radius 2 is 1.45 bits per heavy atom. The van der Waals surface area contributed by atoms with Crippen molar-refractivity contribution in [1.29, 1.82) is 11.1 Å². The van der Waals surface area contributed by atoms with Crippen molar-refractivity contribution in [3.63, 3.8) is 0 Å². The number of aromatic nitrogens is 2. The number of esters is 1. The highest BCUT2D eigenvalue weighted by atomic mass is 35.5. The van der Waals surface area contributed by atoms with Gasteiger partial charge in [0.05, 0.1) is 18.8 Å². The number of aliphatic hydroxyl groups excluding tert-OH is 1. The Hall–Kier alpha value is -2.31. The number of hydrazine groups is 1. The zero-order chi connectivity index (χ0) is 22.9. The number of nitrogens with one attached hydrogen (secondary N) is 3. The molecule has 6 N–H and O–H groups in total. The van der Waals surface area contributed by atoms with Crippen LogP contribution < -0.4 is 11.3 Å². The third kappa shape index (κ3) is 20.7. The smallest absolute Gasteiger partial charge is 0.310 e. The summed E-state index contributed by atoms with van der Waals surface area (Å²) in [6.45, 7) is 5.79. The van der Waals surface area contributed by atoms with Crippen molar-refractivity contribution in [1.82, 2.24) is 15.4 Å². The third-order valence-electron chi connectivity index (χ3n) is 2.60. The maximum absolute atomic E-state index is 12.7. The maximum atomic E-state index is 12.7. The molecule has 2 aromatic heterocycles. The fourth-order valence-corrected chi connectivity index (χ4v) is 1.77. The summed E-state index contributed by atoms with van der Waals surface area (Å²) in [6.07, 6.45) is 5.30. The average Bonchev–Trinajstić information content (AvgIpc) is 2.64. The van der Waals surface area contributed by atoms with Gasteiger partial charge in [-0.25, -0.2) is 19.8 Å². The molecule has 0 atom stereocenters. The summed E-state index contributed by atoms with van der Waals surface area (Å²) in [5.74, 6) is 3.84. The first-order valence-corrected chi connectivity index (χ1v) is 8.23. The van der Waals surface area contributed by atoms with E-state index in [4.69, 9.17) is 26.7 Å². The minimum atomic E-state index is -0.516. The van der Waals surface area contributed by atoms with Gasteiger partial charge in [0.1, 0.15) is 17.2 Å². The van der Waals surface area contributed by atoms with E-state index in [1.54, 1.807) is 27.0 Å². The van der Waals surface area contributed by atoms with Crippen LogP contribution in [-0.4, -0.2) is 33.8 Å². The lowest BCUT2D eigenvalue weighted by Crippen LogP contribution is -2.24. The molecule has 0 aliphatic rings. The summed E-state index contributed by atoms with van der Waals surface area (Å²) in [5.41, 5.74) is 13.1. The summed E-state index contributed by atoms with van der Waals surface area (Å²) < 4.78 is 30.2. The number of aliphatic hydroxyl groups is 1. The lowest BCUT2D eigenvalue weighted by Gasteiger charge is -2.19. The molecule has 0 bridgehead atoms. The molecule has 0 saturated heterocycles. The molecule has 0 unspecified atom stereocenters. The number of pyridine rings is 2. The van der Waals surface area contributed by atoms with Crippen molar-refractivity contribution in [3.05, 3.63) is 59.7 Å². The van der Waals surface area contributed by atoms with Crippen LogP contribution in [0.15, 0.2) is 36.9 Å². The van der Waals surface area contributed by atoms with E-state index in [2.05, 4.69) is 15.4 Å². The van der Waals surface area contributed by atoms with Gasteiger partial charge < -0.3 is 9.84 Å². The summed E-state index contributed by atoms with van der Waals surface area (Å²) in [4.78, 5) is 18.7. The molecule has 0 saturated carbocycles.